The number of hydrogen-bond acceptors (Lipinski definition) is 3. The number of piperidine rings is 1. The SMILES string of the molecule is CCCOC1CCCN(c2ccc(C(=O)O)c(F)c2F)C1. The van der Waals surface area contributed by atoms with E-state index < -0.39 is 23.2 Å². The quantitative estimate of drug-likeness (QED) is 0.908. The van der Waals surface area contributed by atoms with E-state index in [0.717, 1.165) is 25.3 Å². The first-order chi connectivity index (χ1) is 10.0. The average Bonchev–Trinajstić information content (AvgIpc) is 2.47. The number of nitrogens with zero attached hydrogens (tertiary/aromatic N) is 1. The van der Waals surface area contributed by atoms with Gasteiger partial charge in [0.2, 0.25) is 0 Å². The second-order valence-corrected chi connectivity index (χ2v) is 5.15. The van der Waals surface area contributed by atoms with Crippen LogP contribution in [-0.2, 0) is 4.74 Å². The third-order valence-electron chi connectivity index (χ3n) is 3.57. The molecule has 1 aliphatic heterocycles. The molecule has 4 nitrogen and oxygen atoms in total. The highest BCUT2D eigenvalue weighted by Crippen LogP contribution is 2.27. The van der Waals surface area contributed by atoms with Gasteiger partial charge in [-0.25, -0.2) is 13.6 Å². The molecule has 1 unspecified atom stereocenters. The van der Waals surface area contributed by atoms with Crippen molar-refractivity contribution in [2.24, 2.45) is 0 Å². The lowest BCUT2D eigenvalue weighted by Gasteiger charge is -2.34. The summed E-state index contributed by atoms with van der Waals surface area (Å²) in [5.74, 6) is -3.89. The maximum Gasteiger partial charge on any atom is 0.338 e. The van der Waals surface area contributed by atoms with Gasteiger partial charge in [-0.05, 0) is 31.4 Å². The molecule has 0 aromatic heterocycles. The first kappa shape index (κ1) is 15.7. The van der Waals surface area contributed by atoms with Crippen LogP contribution in [0.15, 0.2) is 12.1 Å². The smallest absolute Gasteiger partial charge is 0.338 e. The molecule has 1 aliphatic rings. The van der Waals surface area contributed by atoms with Crippen LogP contribution < -0.4 is 4.90 Å². The molecule has 0 saturated carbocycles. The van der Waals surface area contributed by atoms with Gasteiger partial charge >= 0.3 is 5.97 Å². The zero-order valence-corrected chi connectivity index (χ0v) is 11.9. The third-order valence-corrected chi connectivity index (χ3v) is 3.57. The Morgan fingerprint density at radius 3 is 2.86 bits per heavy atom. The Balaban J connectivity index is 2.18. The van der Waals surface area contributed by atoms with Crippen molar-refractivity contribution in [3.8, 4) is 0 Å². The molecule has 116 valence electrons. The van der Waals surface area contributed by atoms with Gasteiger partial charge in [0, 0.05) is 19.7 Å². The van der Waals surface area contributed by atoms with Crippen molar-refractivity contribution in [2.45, 2.75) is 32.3 Å². The van der Waals surface area contributed by atoms with Crippen LogP contribution in [0.2, 0.25) is 0 Å². The summed E-state index contributed by atoms with van der Waals surface area (Å²) in [4.78, 5) is 12.5. The standard InChI is InChI=1S/C15H19F2NO3/c1-2-8-21-10-4-3-7-18(9-10)12-6-5-11(15(19)20)13(16)14(12)17/h5-6,10H,2-4,7-9H2,1H3,(H,19,20). The van der Waals surface area contributed by atoms with Gasteiger partial charge in [0.25, 0.3) is 0 Å². The first-order valence-corrected chi connectivity index (χ1v) is 7.12. The minimum Gasteiger partial charge on any atom is -0.478 e. The van der Waals surface area contributed by atoms with Crippen molar-refractivity contribution in [3.63, 3.8) is 0 Å². The third kappa shape index (κ3) is 3.50. The molecule has 1 saturated heterocycles. The average molecular weight is 299 g/mol. The zero-order valence-electron chi connectivity index (χ0n) is 11.9. The minimum absolute atomic E-state index is 0.000288. The first-order valence-electron chi connectivity index (χ1n) is 7.12. The van der Waals surface area contributed by atoms with E-state index in [1.165, 1.54) is 6.07 Å². The maximum atomic E-state index is 14.1. The van der Waals surface area contributed by atoms with E-state index in [2.05, 4.69) is 0 Å². The van der Waals surface area contributed by atoms with Crippen molar-refractivity contribution in [1.29, 1.82) is 0 Å². The van der Waals surface area contributed by atoms with Gasteiger partial charge in [0.15, 0.2) is 11.6 Å². The van der Waals surface area contributed by atoms with Gasteiger partial charge in [-0.1, -0.05) is 6.92 Å². The van der Waals surface area contributed by atoms with Crippen LogP contribution in [0.4, 0.5) is 14.5 Å². The number of carboxylic acid groups (broad SMARTS) is 1. The summed E-state index contributed by atoms with van der Waals surface area (Å²) in [6, 6.07) is 2.43. The van der Waals surface area contributed by atoms with Gasteiger partial charge in [-0.15, -0.1) is 0 Å². The van der Waals surface area contributed by atoms with Crippen LogP contribution >= 0.6 is 0 Å². The molecule has 0 radical (unpaired) electrons. The summed E-state index contributed by atoms with van der Waals surface area (Å²) >= 11 is 0. The van der Waals surface area contributed by atoms with Gasteiger partial charge in [0.1, 0.15) is 0 Å². The van der Waals surface area contributed by atoms with Crippen LogP contribution in [0.5, 0.6) is 0 Å². The molecule has 0 bridgehead atoms. The van der Waals surface area contributed by atoms with E-state index in [1.54, 1.807) is 4.90 Å². The molecule has 1 heterocycles. The van der Waals surface area contributed by atoms with Crippen molar-refractivity contribution in [2.75, 3.05) is 24.6 Å². The molecule has 1 N–H and O–H groups in total. The number of carbonyl (C=O) groups is 1. The summed E-state index contributed by atoms with van der Waals surface area (Å²) in [6.45, 7) is 3.76. The van der Waals surface area contributed by atoms with E-state index in [0.29, 0.717) is 19.7 Å². The molecule has 2 rings (SSSR count). The second-order valence-electron chi connectivity index (χ2n) is 5.15. The summed E-state index contributed by atoms with van der Waals surface area (Å²) in [7, 11) is 0. The molecule has 21 heavy (non-hydrogen) atoms. The van der Waals surface area contributed by atoms with Crippen LogP contribution in [0, 0.1) is 11.6 Å². The van der Waals surface area contributed by atoms with Crippen LogP contribution in [0.1, 0.15) is 36.5 Å². The number of hydrogen-bond donors (Lipinski definition) is 1. The van der Waals surface area contributed by atoms with E-state index in [9.17, 15) is 13.6 Å². The lowest BCUT2D eigenvalue weighted by molar-refractivity contribution is 0.0439. The normalized spacial score (nSPS) is 18.8. The fourth-order valence-electron chi connectivity index (χ4n) is 2.53. The van der Waals surface area contributed by atoms with Gasteiger partial charge in [-0.2, -0.15) is 0 Å². The molecule has 0 spiro atoms. The fraction of sp³-hybridized carbons (Fsp3) is 0.533. The molecule has 6 heteroatoms. The lowest BCUT2D eigenvalue weighted by Crippen LogP contribution is -2.40. The van der Waals surface area contributed by atoms with E-state index in [4.69, 9.17) is 9.84 Å². The van der Waals surface area contributed by atoms with Gasteiger partial charge in [-0.3, -0.25) is 0 Å². The number of halogens is 2. The Bertz CT molecular complexity index is 522. The Labute approximate surface area is 122 Å². The molecule has 0 aliphatic carbocycles. The topological polar surface area (TPSA) is 49.8 Å². The Hall–Kier alpha value is -1.69. The molecular formula is C15H19F2NO3. The minimum atomic E-state index is -1.47. The lowest BCUT2D eigenvalue weighted by atomic mass is 10.1. The molecule has 0 amide bonds. The molecule has 1 fully saturated rings. The van der Waals surface area contributed by atoms with E-state index in [1.807, 2.05) is 6.92 Å². The summed E-state index contributed by atoms with van der Waals surface area (Å²) in [5, 5.41) is 8.79. The predicted octanol–water partition coefficient (Wildman–Crippen LogP) is 3.06. The Morgan fingerprint density at radius 1 is 1.43 bits per heavy atom. The van der Waals surface area contributed by atoms with Crippen LogP contribution in [0.3, 0.4) is 0 Å². The highest BCUT2D eigenvalue weighted by Gasteiger charge is 2.25. The van der Waals surface area contributed by atoms with Gasteiger partial charge < -0.3 is 14.7 Å². The van der Waals surface area contributed by atoms with Crippen molar-refractivity contribution in [3.05, 3.63) is 29.3 Å². The molecule has 1 aromatic rings. The number of carboxylic acids is 1. The Morgan fingerprint density at radius 2 is 2.19 bits per heavy atom. The van der Waals surface area contributed by atoms with Crippen LogP contribution in [0.25, 0.3) is 0 Å². The van der Waals surface area contributed by atoms with Crippen LogP contribution in [-0.4, -0.2) is 36.9 Å². The zero-order chi connectivity index (χ0) is 15.4. The van der Waals surface area contributed by atoms with Gasteiger partial charge in [0.05, 0.1) is 17.4 Å². The highest BCUT2D eigenvalue weighted by molar-refractivity contribution is 5.88. The Kier molecular flexibility index (Phi) is 5.12. The summed E-state index contributed by atoms with van der Waals surface area (Å²) in [5.41, 5.74) is -0.547. The summed E-state index contributed by atoms with van der Waals surface area (Å²) in [6.07, 6.45) is 2.64. The fourth-order valence-corrected chi connectivity index (χ4v) is 2.53. The maximum absolute atomic E-state index is 14.1. The van der Waals surface area contributed by atoms with Crippen molar-refractivity contribution >= 4 is 11.7 Å². The van der Waals surface area contributed by atoms with Crippen molar-refractivity contribution < 1.29 is 23.4 Å². The number of rotatable bonds is 5. The molecule has 1 atom stereocenters. The second kappa shape index (κ2) is 6.85. The largest absolute Gasteiger partial charge is 0.478 e. The summed E-state index contributed by atoms with van der Waals surface area (Å²) < 4.78 is 33.5. The highest BCUT2D eigenvalue weighted by atomic mass is 19.2. The number of benzene rings is 1. The predicted molar refractivity (Wildman–Crippen MR) is 74.8 cm³/mol. The molecule has 1 aromatic carbocycles. The number of ether oxygens (including phenoxy) is 1. The monoisotopic (exact) mass is 299 g/mol. The molecular weight excluding hydrogens is 280 g/mol. The number of anilines is 1. The van der Waals surface area contributed by atoms with E-state index >= 15 is 0 Å². The van der Waals surface area contributed by atoms with E-state index in [-0.39, 0.29) is 11.8 Å². The number of aromatic carboxylic acids is 1. The van der Waals surface area contributed by atoms with Crippen molar-refractivity contribution in [1.82, 2.24) is 0 Å².